The maximum Gasteiger partial charge on any atom is 0.185 e. The molecule has 220 valence electrons. The van der Waals surface area contributed by atoms with Crippen LogP contribution in [0.2, 0.25) is 0 Å². The predicted octanol–water partition coefficient (Wildman–Crippen LogP) is 11.7. The number of unbranched alkanes of at least 4 members (excludes halogenated alkanes) is 18. The number of rotatable bonds is 27. The van der Waals surface area contributed by atoms with Crippen molar-refractivity contribution in [1.29, 1.82) is 0 Å². The zero-order chi connectivity index (χ0) is 27.6. The summed E-state index contributed by atoms with van der Waals surface area (Å²) in [6.07, 6.45) is 32.5. The Hall–Kier alpha value is -0.600. The molecule has 0 aromatic heterocycles. The molecule has 0 saturated carbocycles. The summed E-state index contributed by atoms with van der Waals surface area (Å²) in [6.45, 7) is 11.1. The molecule has 2 heteroatoms. The van der Waals surface area contributed by atoms with Crippen LogP contribution >= 0.6 is 0 Å². The van der Waals surface area contributed by atoms with E-state index in [2.05, 4.69) is 40.7 Å². The largest absolute Gasteiger partial charge is 0.362 e. The highest BCUT2D eigenvalue weighted by atomic mass is 16.5. The molecule has 0 unspecified atom stereocenters. The summed E-state index contributed by atoms with van der Waals surface area (Å²) >= 11 is 0. The fourth-order valence-corrected chi connectivity index (χ4v) is 5.38. The summed E-state index contributed by atoms with van der Waals surface area (Å²) in [6, 6.07) is 0. The first kappa shape index (κ1) is 36.4. The Morgan fingerprint density at radius 3 is 1.38 bits per heavy atom. The molecule has 0 aliphatic heterocycles. The van der Waals surface area contributed by atoms with E-state index in [1.807, 2.05) is 0 Å². The molecule has 2 N–H and O–H groups in total. The van der Waals surface area contributed by atoms with Gasteiger partial charge in [-0.25, -0.2) is 0 Å². The summed E-state index contributed by atoms with van der Waals surface area (Å²) in [7, 11) is 0. The van der Waals surface area contributed by atoms with Gasteiger partial charge >= 0.3 is 0 Å². The lowest BCUT2D eigenvalue weighted by atomic mass is 9.89. The van der Waals surface area contributed by atoms with Crippen LogP contribution in [0.5, 0.6) is 0 Å². The summed E-state index contributed by atoms with van der Waals surface area (Å²) < 4.78 is 0. The average molecular weight is 521 g/mol. The Balaban J connectivity index is 4.54. The molecule has 0 atom stereocenters. The Labute approximate surface area is 233 Å². The first-order valence-electron chi connectivity index (χ1n) is 16.7. The lowest BCUT2D eigenvalue weighted by molar-refractivity contribution is -0.137. The van der Waals surface area contributed by atoms with Gasteiger partial charge in [0.25, 0.3) is 0 Å². The number of hydrogen-bond donors (Lipinski definition) is 2. The van der Waals surface area contributed by atoms with Crippen LogP contribution in [0.15, 0.2) is 22.8 Å². The summed E-state index contributed by atoms with van der Waals surface area (Å²) in [5, 5.41) is 22.3. The van der Waals surface area contributed by atoms with Crippen molar-refractivity contribution < 1.29 is 10.2 Å². The Bertz CT molecular complexity index is 558. The lowest BCUT2D eigenvalue weighted by Gasteiger charge is -2.28. The number of hydrogen-bond acceptors (Lipinski definition) is 2. The van der Waals surface area contributed by atoms with Gasteiger partial charge in [-0.2, -0.15) is 0 Å². The van der Waals surface area contributed by atoms with Gasteiger partial charge in [-0.05, 0) is 57.9 Å². The van der Waals surface area contributed by atoms with Crippen LogP contribution in [-0.4, -0.2) is 16.0 Å². The molecule has 0 heterocycles. The molecule has 0 rings (SSSR count). The van der Waals surface area contributed by atoms with Gasteiger partial charge in [-0.3, -0.25) is 0 Å². The molecule has 0 spiro atoms. The molecule has 0 fully saturated rings. The third-order valence-corrected chi connectivity index (χ3v) is 8.23. The zero-order valence-electron chi connectivity index (χ0n) is 26.1. The predicted molar refractivity (Wildman–Crippen MR) is 166 cm³/mol. The van der Waals surface area contributed by atoms with E-state index in [4.69, 9.17) is 0 Å². The Morgan fingerprint density at radius 2 is 0.946 bits per heavy atom. The molecular weight excluding hydrogens is 452 g/mol. The minimum absolute atomic E-state index is 0.484. The van der Waals surface area contributed by atoms with Gasteiger partial charge in [-0.15, -0.1) is 0 Å². The maximum atomic E-state index is 11.1. The molecule has 0 aliphatic carbocycles. The molecule has 0 aliphatic rings. The van der Waals surface area contributed by atoms with Crippen molar-refractivity contribution in [2.45, 2.75) is 201 Å². The molecule has 0 radical (unpaired) electrons. The fourth-order valence-electron chi connectivity index (χ4n) is 5.38. The number of aliphatic hydroxyl groups is 2. The summed E-state index contributed by atoms with van der Waals surface area (Å²) in [5.41, 5.74) is 3.55. The van der Waals surface area contributed by atoms with Crippen molar-refractivity contribution in [1.82, 2.24) is 0 Å². The zero-order valence-corrected chi connectivity index (χ0v) is 26.1. The van der Waals surface area contributed by atoms with Crippen molar-refractivity contribution in [2.24, 2.45) is 0 Å². The van der Waals surface area contributed by atoms with Crippen LogP contribution in [0.1, 0.15) is 195 Å². The highest BCUT2D eigenvalue weighted by Crippen LogP contribution is 2.31. The maximum absolute atomic E-state index is 11.1. The van der Waals surface area contributed by atoms with Gasteiger partial charge in [-0.1, -0.05) is 154 Å². The second-order valence-electron chi connectivity index (χ2n) is 11.9. The minimum Gasteiger partial charge on any atom is -0.362 e. The normalized spacial score (nSPS) is 13.3. The highest BCUT2D eigenvalue weighted by molar-refractivity contribution is 5.20. The van der Waals surface area contributed by atoms with Crippen LogP contribution in [0.4, 0.5) is 0 Å². The van der Waals surface area contributed by atoms with Gasteiger partial charge in [0.15, 0.2) is 5.79 Å². The third-order valence-electron chi connectivity index (χ3n) is 8.23. The van der Waals surface area contributed by atoms with Crippen molar-refractivity contribution in [2.75, 3.05) is 0 Å². The van der Waals surface area contributed by atoms with E-state index in [1.54, 1.807) is 0 Å². The van der Waals surface area contributed by atoms with Crippen molar-refractivity contribution in [3.05, 3.63) is 22.8 Å². The molecule has 0 aromatic carbocycles. The van der Waals surface area contributed by atoms with Gasteiger partial charge in [0, 0.05) is 6.42 Å². The first-order chi connectivity index (χ1) is 17.9. The van der Waals surface area contributed by atoms with Crippen LogP contribution < -0.4 is 0 Å². The smallest absolute Gasteiger partial charge is 0.185 e. The number of allylic oxidation sites excluding steroid dienone is 3. The van der Waals surface area contributed by atoms with E-state index in [1.165, 1.54) is 120 Å². The van der Waals surface area contributed by atoms with Crippen molar-refractivity contribution in [3.8, 4) is 0 Å². The van der Waals surface area contributed by atoms with Gasteiger partial charge in [0.1, 0.15) is 0 Å². The molecular formula is C35H68O2. The summed E-state index contributed by atoms with van der Waals surface area (Å²) in [4.78, 5) is 0. The van der Waals surface area contributed by atoms with E-state index in [0.717, 1.165) is 50.5 Å². The first-order valence-corrected chi connectivity index (χ1v) is 16.7. The third kappa shape index (κ3) is 22.0. The molecule has 37 heavy (non-hydrogen) atoms. The standard InChI is InChI=1S/C35H68O2/c1-6-9-11-13-15-17-19-21-23-25-30-34(33(5)29-27-28-32(4)8-3)35(36,37)31-26-24-22-20-18-16-14-12-10-7-2/h28,36-37H,6-27,29-31H2,1-5H3. The molecule has 0 saturated heterocycles. The Kier molecular flexibility index (Phi) is 25.2. The van der Waals surface area contributed by atoms with E-state index < -0.39 is 5.79 Å². The highest BCUT2D eigenvalue weighted by Gasteiger charge is 2.29. The van der Waals surface area contributed by atoms with E-state index in [0.29, 0.717) is 6.42 Å². The van der Waals surface area contributed by atoms with Gasteiger partial charge in [0.2, 0.25) is 0 Å². The molecule has 0 bridgehead atoms. The quantitative estimate of drug-likeness (QED) is 0.0642. The van der Waals surface area contributed by atoms with Crippen molar-refractivity contribution in [3.63, 3.8) is 0 Å². The second kappa shape index (κ2) is 25.7. The van der Waals surface area contributed by atoms with Crippen LogP contribution in [0.25, 0.3) is 0 Å². The summed E-state index contributed by atoms with van der Waals surface area (Å²) in [5.74, 6) is -1.63. The SMILES string of the molecule is CCCCCCCCCCCCC(=C(C)CCC=C(C)CC)C(O)(O)CCCCCCCCCCCC. The van der Waals surface area contributed by atoms with E-state index in [9.17, 15) is 10.2 Å². The van der Waals surface area contributed by atoms with Gasteiger partial charge < -0.3 is 10.2 Å². The fraction of sp³-hybridized carbons (Fsp3) is 0.886. The van der Waals surface area contributed by atoms with Crippen molar-refractivity contribution >= 4 is 0 Å². The topological polar surface area (TPSA) is 40.5 Å². The molecule has 0 aromatic rings. The molecule has 2 nitrogen and oxygen atoms in total. The second-order valence-corrected chi connectivity index (χ2v) is 11.9. The molecule has 0 amide bonds. The van der Waals surface area contributed by atoms with Gasteiger partial charge in [0.05, 0.1) is 0 Å². The van der Waals surface area contributed by atoms with E-state index in [-0.39, 0.29) is 0 Å². The Morgan fingerprint density at radius 1 is 0.541 bits per heavy atom. The van der Waals surface area contributed by atoms with Crippen LogP contribution in [0.3, 0.4) is 0 Å². The lowest BCUT2D eigenvalue weighted by Crippen LogP contribution is -2.32. The van der Waals surface area contributed by atoms with Crippen LogP contribution in [0, 0.1) is 0 Å². The van der Waals surface area contributed by atoms with E-state index >= 15 is 0 Å². The minimum atomic E-state index is -1.63. The monoisotopic (exact) mass is 521 g/mol. The van der Waals surface area contributed by atoms with Crippen LogP contribution in [-0.2, 0) is 0 Å². The average Bonchev–Trinajstić information content (AvgIpc) is 2.88.